The summed E-state index contributed by atoms with van der Waals surface area (Å²) in [4.78, 5) is 24.8. The molecule has 3 rings (SSSR count). The van der Waals surface area contributed by atoms with Crippen molar-refractivity contribution in [3.63, 3.8) is 0 Å². The summed E-state index contributed by atoms with van der Waals surface area (Å²) in [6, 6.07) is 18.0. The Balaban J connectivity index is 1.54. The molecule has 1 amide bonds. The molecule has 172 valence electrons. The third-order valence-corrected chi connectivity index (χ3v) is 5.12. The van der Waals surface area contributed by atoms with E-state index in [2.05, 4.69) is 5.32 Å². The lowest BCUT2D eigenvalue weighted by Crippen LogP contribution is -2.13. The SMILES string of the molecule is CCOc1ccc(CCC(=O)Oc2ccc(C(=O)Nc3ccc(C)cc3C)cc2)cc1OC. The van der Waals surface area contributed by atoms with Crippen LogP contribution in [0.15, 0.2) is 60.7 Å². The van der Waals surface area contributed by atoms with Gasteiger partial charge in [0.2, 0.25) is 0 Å². The normalized spacial score (nSPS) is 10.4. The van der Waals surface area contributed by atoms with Gasteiger partial charge < -0.3 is 19.5 Å². The van der Waals surface area contributed by atoms with Crippen LogP contribution >= 0.6 is 0 Å². The Bertz CT molecular complexity index is 1120. The average Bonchev–Trinajstić information content (AvgIpc) is 2.80. The number of nitrogens with one attached hydrogen (secondary N) is 1. The van der Waals surface area contributed by atoms with E-state index in [1.165, 1.54) is 0 Å². The highest BCUT2D eigenvalue weighted by atomic mass is 16.5. The van der Waals surface area contributed by atoms with E-state index in [-0.39, 0.29) is 18.3 Å². The van der Waals surface area contributed by atoms with E-state index in [0.717, 1.165) is 22.4 Å². The number of carbonyl (C=O) groups is 2. The van der Waals surface area contributed by atoms with Gasteiger partial charge in [-0.2, -0.15) is 0 Å². The summed E-state index contributed by atoms with van der Waals surface area (Å²) in [5, 5.41) is 2.91. The third kappa shape index (κ3) is 6.59. The Morgan fingerprint density at radius 1 is 0.909 bits per heavy atom. The lowest BCUT2D eigenvalue weighted by atomic mass is 10.1. The van der Waals surface area contributed by atoms with E-state index in [1.807, 2.05) is 57.2 Å². The van der Waals surface area contributed by atoms with Gasteiger partial charge >= 0.3 is 5.97 Å². The highest BCUT2D eigenvalue weighted by Gasteiger charge is 2.11. The number of hydrogen-bond acceptors (Lipinski definition) is 5. The van der Waals surface area contributed by atoms with Gasteiger partial charge in [0.15, 0.2) is 11.5 Å². The number of esters is 1. The Morgan fingerprint density at radius 2 is 1.67 bits per heavy atom. The Kier molecular flexibility index (Phi) is 8.08. The van der Waals surface area contributed by atoms with Gasteiger partial charge in [-0.15, -0.1) is 0 Å². The topological polar surface area (TPSA) is 73.9 Å². The minimum atomic E-state index is -0.352. The van der Waals surface area contributed by atoms with Crippen LogP contribution < -0.4 is 19.5 Å². The second kappa shape index (κ2) is 11.2. The zero-order valence-electron chi connectivity index (χ0n) is 19.4. The fourth-order valence-corrected chi connectivity index (χ4v) is 3.39. The molecule has 0 aliphatic heterocycles. The number of aryl methyl sites for hydroxylation is 3. The molecule has 0 bridgehead atoms. The van der Waals surface area contributed by atoms with Gasteiger partial charge in [-0.1, -0.05) is 23.8 Å². The molecule has 0 spiro atoms. The monoisotopic (exact) mass is 447 g/mol. The number of anilines is 1. The predicted octanol–water partition coefficient (Wildman–Crippen LogP) is 5.50. The number of carbonyl (C=O) groups excluding carboxylic acids is 2. The van der Waals surface area contributed by atoms with E-state index >= 15 is 0 Å². The van der Waals surface area contributed by atoms with Crippen molar-refractivity contribution in [3.8, 4) is 17.2 Å². The lowest BCUT2D eigenvalue weighted by Gasteiger charge is -2.11. The fourth-order valence-electron chi connectivity index (χ4n) is 3.39. The van der Waals surface area contributed by atoms with Gasteiger partial charge in [0.05, 0.1) is 13.7 Å². The second-order valence-corrected chi connectivity index (χ2v) is 7.69. The highest BCUT2D eigenvalue weighted by Crippen LogP contribution is 2.28. The molecule has 0 aromatic heterocycles. The highest BCUT2D eigenvalue weighted by molar-refractivity contribution is 6.04. The van der Waals surface area contributed by atoms with E-state index < -0.39 is 0 Å². The van der Waals surface area contributed by atoms with E-state index in [1.54, 1.807) is 31.4 Å². The number of benzene rings is 3. The molecule has 1 N–H and O–H groups in total. The molecule has 0 unspecified atom stereocenters. The standard InChI is InChI=1S/C27H29NO5/c1-5-32-24-14-7-20(17-25(24)31-4)8-15-26(29)33-22-11-9-21(10-12-22)27(30)28-23-13-6-18(2)16-19(23)3/h6-7,9-14,16-17H,5,8,15H2,1-4H3,(H,28,30). The Labute approximate surface area is 194 Å². The van der Waals surface area contributed by atoms with Crippen LogP contribution in [0.2, 0.25) is 0 Å². The first-order chi connectivity index (χ1) is 15.9. The van der Waals surface area contributed by atoms with Crippen molar-refractivity contribution in [2.24, 2.45) is 0 Å². The van der Waals surface area contributed by atoms with Crippen molar-refractivity contribution in [3.05, 3.63) is 82.9 Å². The van der Waals surface area contributed by atoms with Gasteiger partial charge in [0, 0.05) is 17.7 Å². The van der Waals surface area contributed by atoms with Crippen LogP contribution in [0.3, 0.4) is 0 Å². The first kappa shape index (κ1) is 23.9. The van der Waals surface area contributed by atoms with Gasteiger partial charge in [-0.05, 0) is 80.8 Å². The van der Waals surface area contributed by atoms with Crippen molar-refractivity contribution in [2.75, 3.05) is 19.0 Å². The largest absolute Gasteiger partial charge is 0.493 e. The van der Waals surface area contributed by atoms with Crippen LogP contribution in [0.25, 0.3) is 0 Å². The minimum Gasteiger partial charge on any atom is -0.493 e. The number of amides is 1. The minimum absolute atomic E-state index is 0.214. The van der Waals surface area contributed by atoms with Crippen LogP contribution in [0.5, 0.6) is 17.2 Å². The maximum absolute atomic E-state index is 12.5. The molecule has 0 radical (unpaired) electrons. The summed E-state index contributed by atoms with van der Waals surface area (Å²) in [6.07, 6.45) is 0.726. The van der Waals surface area contributed by atoms with E-state index in [9.17, 15) is 9.59 Å². The van der Waals surface area contributed by atoms with Gasteiger partial charge in [-0.3, -0.25) is 9.59 Å². The number of hydrogen-bond donors (Lipinski definition) is 1. The molecule has 6 nitrogen and oxygen atoms in total. The molecule has 0 heterocycles. The van der Waals surface area contributed by atoms with Crippen LogP contribution in [-0.2, 0) is 11.2 Å². The molecular weight excluding hydrogens is 418 g/mol. The van der Waals surface area contributed by atoms with Crippen LogP contribution in [0.1, 0.15) is 40.4 Å². The molecule has 33 heavy (non-hydrogen) atoms. The maximum Gasteiger partial charge on any atom is 0.311 e. The van der Waals surface area contributed by atoms with Crippen molar-refractivity contribution in [1.29, 1.82) is 0 Å². The van der Waals surface area contributed by atoms with Crippen LogP contribution in [0, 0.1) is 13.8 Å². The Morgan fingerprint density at radius 3 is 2.33 bits per heavy atom. The molecule has 0 fully saturated rings. The fraction of sp³-hybridized carbons (Fsp3) is 0.259. The summed E-state index contributed by atoms with van der Waals surface area (Å²) in [5.74, 6) is 1.14. The van der Waals surface area contributed by atoms with Crippen LogP contribution in [0.4, 0.5) is 5.69 Å². The molecule has 0 aliphatic carbocycles. The zero-order valence-corrected chi connectivity index (χ0v) is 19.4. The van der Waals surface area contributed by atoms with E-state index in [4.69, 9.17) is 14.2 Å². The zero-order chi connectivity index (χ0) is 23.8. The number of ether oxygens (including phenoxy) is 3. The summed E-state index contributed by atoms with van der Waals surface area (Å²) in [5.41, 5.74) is 4.34. The van der Waals surface area contributed by atoms with Crippen molar-refractivity contribution < 1.29 is 23.8 Å². The predicted molar refractivity (Wildman–Crippen MR) is 128 cm³/mol. The van der Waals surface area contributed by atoms with Crippen molar-refractivity contribution in [1.82, 2.24) is 0 Å². The third-order valence-electron chi connectivity index (χ3n) is 5.12. The molecule has 0 aliphatic rings. The van der Waals surface area contributed by atoms with Gasteiger partial charge in [-0.25, -0.2) is 0 Å². The molecule has 6 heteroatoms. The van der Waals surface area contributed by atoms with Crippen molar-refractivity contribution in [2.45, 2.75) is 33.6 Å². The summed E-state index contributed by atoms with van der Waals surface area (Å²) >= 11 is 0. The van der Waals surface area contributed by atoms with E-state index in [0.29, 0.717) is 35.8 Å². The maximum atomic E-state index is 12.5. The molecule has 3 aromatic carbocycles. The second-order valence-electron chi connectivity index (χ2n) is 7.69. The summed E-state index contributed by atoms with van der Waals surface area (Å²) < 4.78 is 16.3. The number of rotatable bonds is 9. The first-order valence-corrected chi connectivity index (χ1v) is 10.9. The molecule has 0 atom stereocenters. The quantitative estimate of drug-likeness (QED) is 0.346. The number of methoxy groups -OCH3 is 1. The van der Waals surface area contributed by atoms with Crippen LogP contribution in [-0.4, -0.2) is 25.6 Å². The molecule has 0 saturated carbocycles. The molecular formula is C27H29NO5. The lowest BCUT2D eigenvalue weighted by molar-refractivity contribution is -0.134. The smallest absolute Gasteiger partial charge is 0.311 e. The first-order valence-electron chi connectivity index (χ1n) is 10.9. The van der Waals surface area contributed by atoms with Crippen molar-refractivity contribution >= 4 is 17.6 Å². The molecule has 3 aromatic rings. The average molecular weight is 448 g/mol. The van der Waals surface area contributed by atoms with Gasteiger partial charge in [0.1, 0.15) is 5.75 Å². The molecule has 0 saturated heterocycles. The Hall–Kier alpha value is -3.80. The summed E-state index contributed by atoms with van der Waals surface area (Å²) in [6.45, 7) is 6.42. The van der Waals surface area contributed by atoms with Gasteiger partial charge in [0.25, 0.3) is 5.91 Å². The summed E-state index contributed by atoms with van der Waals surface area (Å²) in [7, 11) is 1.59.